The smallest absolute Gasteiger partial charge is 0.408 e. The number of rotatable bonds is 15. The summed E-state index contributed by atoms with van der Waals surface area (Å²) in [6.07, 6.45) is 7.54. The van der Waals surface area contributed by atoms with Crippen molar-refractivity contribution < 1.29 is 19.1 Å². The second kappa shape index (κ2) is 16.4. The van der Waals surface area contributed by atoms with Crippen molar-refractivity contribution in [1.29, 1.82) is 0 Å². The molecule has 0 spiro atoms. The Kier molecular flexibility index (Phi) is 14.4. The zero-order valence-electron chi connectivity index (χ0n) is 25.4. The van der Waals surface area contributed by atoms with Gasteiger partial charge >= 0.3 is 6.09 Å². The van der Waals surface area contributed by atoms with Crippen LogP contribution in [0.5, 0.6) is 0 Å². The standard InChI is InChI=1S/C31H53N3O4/c1-10-12-13-14-15-16-21-34(29(36)25(6)33-30(37)38-31(7,8)9)27(28(35)32-23(4)18-11-2)26-20-17-19-22(3)24(26)5/h17,19-20,23,25,27H,10-16,18,21H2,1-9H3,(H,32,35)(H,33,37). The fraction of sp³-hybridized carbons (Fsp3) is 0.710. The summed E-state index contributed by atoms with van der Waals surface area (Å²) in [5.74, 6) is -0.489. The average Bonchev–Trinajstić information content (AvgIpc) is 2.81. The summed E-state index contributed by atoms with van der Waals surface area (Å²) in [4.78, 5) is 41.9. The van der Waals surface area contributed by atoms with Crippen LogP contribution in [0, 0.1) is 13.8 Å². The summed E-state index contributed by atoms with van der Waals surface area (Å²) in [6.45, 7) is 17.7. The number of carbonyl (C=O) groups is 3. The largest absolute Gasteiger partial charge is 0.444 e. The summed E-state index contributed by atoms with van der Waals surface area (Å²) in [5.41, 5.74) is 2.19. The summed E-state index contributed by atoms with van der Waals surface area (Å²) < 4.78 is 5.38. The molecule has 0 heterocycles. The van der Waals surface area contributed by atoms with Crippen LogP contribution >= 0.6 is 0 Å². The molecule has 0 aliphatic heterocycles. The molecule has 38 heavy (non-hydrogen) atoms. The van der Waals surface area contributed by atoms with E-state index in [2.05, 4.69) is 24.5 Å². The molecular formula is C31H53N3O4. The molecular weight excluding hydrogens is 478 g/mol. The molecule has 216 valence electrons. The molecule has 0 fully saturated rings. The number of benzene rings is 1. The number of unbranched alkanes of at least 4 members (excludes halogenated alkanes) is 5. The van der Waals surface area contributed by atoms with Crippen LogP contribution in [-0.2, 0) is 14.3 Å². The molecule has 0 saturated carbocycles. The van der Waals surface area contributed by atoms with Crippen molar-refractivity contribution in [2.24, 2.45) is 0 Å². The van der Waals surface area contributed by atoms with E-state index in [1.807, 2.05) is 39.0 Å². The predicted molar refractivity (Wildman–Crippen MR) is 155 cm³/mol. The van der Waals surface area contributed by atoms with E-state index in [0.29, 0.717) is 6.54 Å². The van der Waals surface area contributed by atoms with E-state index in [0.717, 1.165) is 55.2 Å². The van der Waals surface area contributed by atoms with Gasteiger partial charge in [0.15, 0.2) is 0 Å². The molecule has 1 aromatic rings. The van der Waals surface area contributed by atoms with Crippen molar-refractivity contribution in [3.8, 4) is 0 Å². The van der Waals surface area contributed by atoms with Crippen molar-refractivity contribution in [2.75, 3.05) is 6.54 Å². The third-order valence-electron chi connectivity index (χ3n) is 6.75. The number of hydrogen-bond acceptors (Lipinski definition) is 4. The van der Waals surface area contributed by atoms with Gasteiger partial charge in [-0.15, -0.1) is 0 Å². The summed E-state index contributed by atoms with van der Waals surface area (Å²) in [5, 5.41) is 5.83. The molecule has 1 rings (SSSR count). The quantitative estimate of drug-likeness (QED) is 0.245. The van der Waals surface area contributed by atoms with E-state index in [9.17, 15) is 14.4 Å². The number of nitrogens with one attached hydrogen (secondary N) is 2. The van der Waals surface area contributed by atoms with E-state index in [4.69, 9.17) is 4.74 Å². The monoisotopic (exact) mass is 531 g/mol. The van der Waals surface area contributed by atoms with Crippen LogP contribution in [0.1, 0.15) is 123 Å². The molecule has 3 unspecified atom stereocenters. The number of amides is 3. The van der Waals surface area contributed by atoms with Gasteiger partial charge in [-0.2, -0.15) is 0 Å². The van der Waals surface area contributed by atoms with Gasteiger partial charge in [-0.25, -0.2) is 4.79 Å². The van der Waals surface area contributed by atoms with Crippen LogP contribution in [-0.4, -0.2) is 47.0 Å². The summed E-state index contributed by atoms with van der Waals surface area (Å²) in [6, 6.07) is 4.23. The number of aryl methyl sites for hydroxylation is 1. The van der Waals surface area contributed by atoms with Gasteiger partial charge in [0, 0.05) is 12.6 Å². The molecule has 2 N–H and O–H groups in total. The van der Waals surface area contributed by atoms with E-state index >= 15 is 0 Å². The number of alkyl carbamates (subject to hydrolysis) is 1. The number of nitrogens with zero attached hydrogens (tertiary/aromatic N) is 1. The Morgan fingerprint density at radius 2 is 1.55 bits per heavy atom. The van der Waals surface area contributed by atoms with Gasteiger partial charge in [-0.05, 0) is 78.0 Å². The fourth-order valence-electron chi connectivity index (χ4n) is 4.57. The van der Waals surface area contributed by atoms with Crippen molar-refractivity contribution in [3.63, 3.8) is 0 Å². The first-order valence-electron chi connectivity index (χ1n) is 14.5. The first kappa shape index (κ1) is 33.5. The highest BCUT2D eigenvalue weighted by atomic mass is 16.6. The van der Waals surface area contributed by atoms with E-state index in [1.54, 1.807) is 32.6 Å². The number of carbonyl (C=O) groups excluding carboxylic acids is 3. The van der Waals surface area contributed by atoms with E-state index in [-0.39, 0.29) is 17.9 Å². The lowest BCUT2D eigenvalue weighted by molar-refractivity contribution is -0.142. The highest BCUT2D eigenvalue weighted by Crippen LogP contribution is 2.28. The summed E-state index contributed by atoms with van der Waals surface area (Å²) in [7, 11) is 0. The van der Waals surface area contributed by atoms with Gasteiger partial charge in [0.05, 0.1) is 0 Å². The molecule has 0 saturated heterocycles. The maximum absolute atomic E-state index is 13.9. The molecule has 0 aromatic heterocycles. The normalized spacial score (nSPS) is 13.8. The molecule has 0 radical (unpaired) electrons. The molecule has 3 atom stereocenters. The maximum atomic E-state index is 13.9. The minimum Gasteiger partial charge on any atom is -0.444 e. The lowest BCUT2D eigenvalue weighted by atomic mass is 9.94. The van der Waals surface area contributed by atoms with Crippen molar-refractivity contribution in [3.05, 3.63) is 34.9 Å². The van der Waals surface area contributed by atoms with Crippen LogP contribution in [0.2, 0.25) is 0 Å². The van der Waals surface area contributed by atoms with Gasteiger partial charge in [0.1, 0.15) is 17.7 Å². The molecule has 0 aliphatic rings. The lowest BCUT2D eigenvalue weighted by Gasteiger charge is -2.35. The van der Waals surface area contributed by atoms with Gasteiger partial charge in [-0.1, -0.05) is 70.6 Å². The third kappa shape index (κ3) is 11.4. The first-order valence-corrected chi connectivity index (χ1v) is 14.5. The second-order valence-electron chi connectivity index (χ2n) is 11.6. The van der Waals surface area contributed by atoms with Crippen LogP contribution in [0.3, 0.4) is 0 Å². The van der Waals surface area contributed by atoms with Crippen molar-refractivity contribution >= 4 is 17.9 Å². The molecule has 7 heteroatoms. The molecule has 0 bridgehead atoms. The van der Waals surface area contributed by atoms with Gasteiger partial charge < -0.3 is 20.3 Å². The minimum absolute atomic E-state index is 0.0107. The Hall–Kier alpha value is -2.57. The SMILES string of the molecule is CCCCCCCCN(C(=O)C(C)NC(=O)OC(C)(C)C)C(C(=O)NC(C)CCC)c1cccc(C)c1C. The van der Waals surface area contributed by atoms with Crippen molar-refractivity contribution in [2.45, 2.75) is 137 Å². The summed E-state index contributed by atoms with van der Waals surface area (Å²) >= 11 is 0. The fourth-order valence-corrected chi connectivity index (χ4v) is 4.57. The Morgan fingerprint density at radius 3 is 2.16 bits per heavy atom. The first-order chi connectivity index (χ1) is 17.8. The van der Waals surface area contributed by atoms with Gasteiger partial charge in [0.25, 0.3) is 0 Å². The highest BCUT2D eigenvalue weighted by molar-refractivity contribution is 5.92. The number of hydrogen-bond donors (Lipinski definition) is 2. The molecule has 0 aliphatic carbocycles. The van der Waals surface area contributed by atoms with Crippen LogP contribution < -0.4 is 10.6 Å². The Morgan fingerprint density at radius 1 is 0.921 bits per heavy atom. The Bertz CT molecular complexity index is 894. The Labute approximate surface area is 231 Å². The van der Waals surface area contributed by atoms with Crippen molar-refractivity contribution in [1.82, 2.24) is 15.5 Å². The van der Waals surface area contributed by atoms with Crippen LogP contribution in [0.4, 0.5) is 4.79 Å². The van der Waals surface area contributed by atoms with Gasteiger partial charge in [-0.3, -0.25) is 9.59 Å². The molecule has 7 nitrogen and oxygen atoms in total. The topological polar surface area (TPSA) is 87.7 Å². The van der Waals surface area contributed by atoms with Crippen LogP contribution in [0.15, 0.2) is 18.2 Å². The van der Waals surface area contributed by atoms with E-state index in [1.165, 1.54) is 12.8 Å². The van der Waals surface area contributed by atoms with Gasteiger partial charge in [0.2, 0.25) is 11.8 Å². The maximum Gasteiger partial charge on any atom is 0.408 e. The predicted octanol–water partition coefficient (Wildman–Crippen LogP) is 6.75. The third-order valence-corrected chi connectivity index (χ3v) is 6.75. The minimum atomic E-state index is -0.849. The van der Waals surface area contributed by atoms with E-state index < -0.39 is 23.8 Å². The molecule has 3 amide bonds. The zero-order valence-corrected chi connectivity index (χ0v) is 25.4. The zero-order chi connectivity index (χ0) is 28.9. The van der Waals surface area contributed by atoms with Crippen LogP contribution in [0.25, 0.3) is 0 Å². The Balaban J connectivity index is 3.36. The highest BCUT2D eigenvalue weighted by Gasteiger charge is 2.35. The number of ether oxygens (including phenoxy) is 1. The second-order valence-corrected chi connectivity index (χ2v) is 11.6. The lowest BCUT2D eigenvalue weighted by Crippen LogP contribution is -2.53. The average molecular weight is 532 g/mol. The molecule has 1 aromatic carbocycles.